The van der Waals surface area contributed by atoms with E-state index < -0.39 is 29.1 Å². The van der Waals surface area contributed by atoms with Gasteiger partial charge in [-0.2, -0.15) is 0 Å². The molecule has 1 unspecified atom stereocenters. The number of carboxylic acids is 1. The van der Waals surface area contributed by atoms with Gasteiger partial charge >= 0.3 is 5.97 Å². The molecule has 0 saturated carbocycles. The van der Waals surface area contributed by atoms with E-state index in [4.69, 9.17) is 10.8 Å². The van der Waals surface area contributed by atoms with E-state index in [0.29, 0.717) is 6.42 Å². The smallest absolute Gasteiger partial charge is 0.312 e. The fourth-order valence-electron chi connectivity index (χ4n) is 1.55. The first-order valence-corrected chi connectivity index (χ1v) is 4.92. The van der Waals surface area contributed by atoms with Gasteiger partial charge in [0.15, 0.2) is 0 Å². The molecule has 0 bridgehead atoms. The van der Waals surface area contributed by atoms with Crippen LogP contribution in [0.3, 0.4) is 0 Å². The van der Waals surface area contributed by atoms with Gasteiger partial charge in [-0.25, -0.2) is 8.78 Å². The second-order valence-corrected chi connectivity index (χ2v) is 3.41. The van der Waals surface area contributed by atoms with Crippen molar-refractivity contribution in [1.82, 2.24) is 0 Å². The van der Waals surface area contributed by atoms with Gasteiger partial charge in [-0.05, 0) is 18.1 Å². The van der Waals surface area contributed by atoms with Gasteiger partial charge in [-0.15, -0.1) is 0 Å². The normalized spacial score (nSPS) is 12.5. The number of carbonyl (C=O) groups is 1. The molecule has 5 heteroatoms. The number of aliphatic carboxylic acids is 1. The zero-order valence-electron chi connectivity index (χ0n) is 8.84. The third-order valence-corrected chi connectivity index (χ3v) is 2.47. The third-order valence-electron chi connectivity index (χ3n) is 2.47. The van der Waals surface area contributed by atoms with E-state index in [1.807, 2.05) is 0 Å². The molecule has 16 heavy (non-hydrogen) atoms. The minimum absolute atomic E-state index is 0.288. The average Bonchev–Trinajstić information content (AvgIpc) is 2.23. The minimum Gasteiger partial charge on any atom is -0.481 e. The summed E-state index contributed by atoms with van der Waals surface area (Å²) >= 11 is 0. The molecule has 0 radical (unpaired) electrons. The van der Waals surface area contributed by atoms with Crippen molar-refractivity contribution in [3.8, 4) is 0 Å². The van der Waals surface area contributed by atoms with Crippen molar-refractivity contribution in [2.24, 2.45) is 5.73 Å². The van der Waals surface area contributed by atoms with E-state index >= 15 is 0 Å². The first-order valence-electron chi connectivity index (χ1n) is 4.92. The first-order chi connectivity index (χ1) is 7.52. The predicted octanol–water partition coefficient (Wildman–Crippen LogP) is 1.65. The van der Waals surface area contributed by atoms with E-state index in [-0.39, 0.29) is 12.1 Å². The van der Waals surface area contributed by atoms with Crippen LogP contribution in [0.2, 0.25) is 0 Å². The van der Waals surface area contributed by atoms with Crippen molar-refractivity contribution in [3.05, 3.63) is 34.9 Å². The highest BCUT2D eigenvalue weighted by Crippen LogP contribution is 2.25. The van der Waals surface area contributed by atoms with Crippen LogP contribution in [0.1, 0.15) is 24.0 Å². The Kier molecular flexibility index (Phi) is 3.95. The lowest BCUT2D eigenvalue weighted by Gasteiger charge is -2.14. The van der Waals surface area contributed by atoms with Crippen molar-refractivity contribution in [2.75, 3.05) is 6.54 Å². The predicted molar refractivity (Wildman–Crippen MR) is 55.2 cm³/mol. The summed E-state index contributed by atoms with van der Waals surface area (Å²) in [5, 5.41) is 8.83. The molecule has 1 rings (SSSR count). The van der Waals surface area contributed by atoms with Crippen LogP contribution in [0.4, 0.5) is 8.78 Å². The summed E-state index contributed by atoms with van der Waals surface area (Å²) in [6.07, 6.45) is 0.371. The summed E-state index contributed by atoms with van der Waals surface area (Å²) in [6, 6.07) is 2.38. The van der Waals surface area contributed by atoms with Crippen LogP contribution >= 0.6 is 0 Å². The standard InChI is InChI=1S/C11H13F2NO2/c1-2-6-3-4-8(12)9(10(6)13)7(5-14)11(15)16/h3-4,7H,2,5,14H2,1H3,(H,15,16). The molecular formula is C11H13F2NO2. The Hall–Kier alpha value is -1.49. The molecule has 1 aromatic carbocycles. The average molecular weight is 229 g/mol. The first kappa shape index (κ1) is 12.6. The highest BCUT2D eigenvalue weighted by Gasteiger charge is 2.26. The molecule has 0 aromatic heterocycles. The molecule has 3 nitrogen and oxygen atoms in total. The molecular weight excluding hydrogens is 216 g/mol. The van der Waals surface area contributed by atoms with Crippen molar-refractivity contribution >= 4 is 5.97 Å². The number of rotatable bonds is 4. The number of carboxylic acid groups (broad SMARTS) is 1. The van der Waals surface area contributed by atoms with Crippen LogP contribution in [-0.4, -0.2) is 17.6 Å². The van der Waals surface area contributed by atoms with E-state index in [2.05, 4.69) is 0 Å². The van der Waals surface area contributed by atoms with Crippen molar-refractivity contribution in [3.63, 3.8) is 0 Å². The van der Waals surface area contributed by atoms with Gasteiger partial charge in [0, 0.05) is 12.1 Å². The van der Waals surface area contributed by atoms with Crippen LogP contribution in [0, 0.1) is 11.6 Å². The molecule has 0 spiro atoms. The van der Waals surface area contributed by atoms with Crippen LogP contribution < -0.4 is 5.73 Å². The van der Waals surface area contributed by atoms with Crippen molar-refractivity contribution in [1.29, 1.82) is 0 Å². The fourth-order valence-corrected chi connectivity index (χ4v) is 1.55. The number of hydrogen-bond donors (Lipinski definition) is 2. The van der Waals surface area contributed by atoms with E-state index in [1.165, 1.54) is 6.07 Å². The molecule has 3 N–H and O–H groups in total. The summed E-state index contributed by atoms with van der Waals surface area (Å²) in [5.74, 6) is -4.34. The summed E-state index contributed by atoms with van der Waals surface area (Å²) < 4.78 is 27.2. The molecule has 0 amide bonds. The zero-order chi connectivity index (χ0) is 12.3. The number of halogens is 2. The lowest BCUT2D eigenvalue weighted by atomic mass is 9.95. The van der Waals surface area contributed by atoms with Crippen LogP contribution in [0.15, 0.2) is 12.1 Å². The number of hydrogen-bond acceptors (Lipinski definition) is 2. The fraction of sp³-hybridized carbons (Fsp3) is 0.364. The molecule has 0 heterocycles. The molecule has 0 aliphatic carbocycles. The lowest BCUT2D eigenvalue weighted by molar-refractivity contribution is -0.138. The molecule has 0 aliphatic heterocycles. The van der Waals surface area contributed by atoms with Crippen molar-refractivity contribution < 1.29 is 18.7 Å². The Morgan fingerprint density at radius 3 is 2.56 bits per heavy atom. The molecule has 1 atom stereocenters. The monoisotopic (exact) mass is 229 g/mol. The summed E-state index contributed by atoms with van der Waals surface area (Å²) in [4.78, 5) is 10.8. The van der Waals surface area contributed by atoms with Crippen molar-refractivity contribution in [2.45, 2.75) is 19.3 Å². The second kappa shape index (κ2) is 5.03. The summed E-state index contributed by atoms with van der Waals surface area (Å²) in [6.45, 7) is 1.37. The number of benzene rings is 1. The molecule has 88 valence electrons. The second-order valence-electron chi connectivity index (χ2n) is 3.41. The summed E-state index contributed by atoms with van der Waals surface area (Å²) in [5.41, 5.74) is 5.06. The Balaban J connectivity index is 3.35. The maximum atomic E-state index is 13.8. The number of nitrogens with two attached hydrogens (primary N) is 1. The minimum atomic E-state index is -1.34. The third kappa shape index (κ3) is 2.19. The maximum Gasteiger partial charge on any atom is 0.312 e. The molecule has 0 fully saturated rings. The SMILES string of the molecule is CCc1ccc(F)c(C(CN)C(=O)O)c1F. The quantitative estimate of drug-likeness (QED) is 0.825. The van der Waals surface area contributed by atoms with Gasteiger partial charge in [0.1, 0.15) is 11.6 Å². The molecule has 0 aliphatic rings. The van der Waals surface area contributed by atoms with E-state index in [1.54, 1.807) is 6.92 Å². The highest BCUT2D eigenvalue weighted by atomic mass is 19.1. The zero-order valence-corrected chi connectivity index (χ0v) is 8.84. The Morgan fingerprint density at radius 1 is 1.50 bits per heavy atom. The van der Waals surface area contributed by atoms with Gasteiger partial charge in [-0.1, -0.05) is 13.0 Å². The maximum absolute atomic E-state index is 13.8. The summed E-state index contributed by atoms with van der Waals surface area (Å²) in [7, 11) is 0. The van der Waals surface area contributed by atoms with E-state index in [9.17, 15) is 13.6 Å². The van der Waals surface area contributed by atoms with E-state index in [0.717, 1.165) is 6.07 Å². The highest BCUT2D eigenvalue weighted by molar-refractivity contribution is 5.76. The Labute approximate surface area is 91.9 Å². The molecule has 0 saturated heterocycles. The van der Waals surface area contributed by atoms with Crippen LogP contribution in [0.25, 0.3) is 0 Å². The Bertz CT molecular complexity index is 407. The molecule has 1 aromatic rings. The lowest BCUT2D eigenvalue weighted by Crippen LogP contribution is -2.24. The largest absolute Gasteiger partial charge is 0.481 e. The van der Waals surface area contributed by atoms with Gasteiger partial charge in [0.2, 0.25) is 0 Å². The van der Waals surface area contributed by atoms with Crippen LogP contribution in [0.5, 0.6) is 0 Å². The van der Waals surface area contributed by atoms with Gasteiger partial charge in [-0.3, -0.25) is 4.79 Å². The number of aryl methyl sites for hydroxylation is 1. The van der Waals surface area contributed by atoms with Crippen LogP contribution in [-0.2, 0) is 11.2 Å². The Morgan fingerprint density at radius 2 is 2.12 bits per heavy atom. The topological polar surface area (TPSA) is 63.3 Å². The van der Waals surface area contributed by atoms with Gasteiger partial charge in [0.25, 0.3) is 0 Å². The van der Waals surface area contributed by atoms with Gasteiger partial charge in [0.05, 0.1) is 5.92 Å². The van der Waals surface area contributed by atoms with Gasteiger partial charge < -0.3 is 10.8 Å².